The molecule has 2 aromatic rings. The summed E-state index contributed by atoms with van der Waals surface area (Å²) in [6.45, 7) is 0.845. The molecule has 0 unspecified atom stereocenters. The van der Waals surface area contributed by atoms with Crippen LogP contribution in [-0.4, -0.2) is 28.5 Å². The van der Waals surface area contributed by atoms with Crippen molar-refractivity contribution in [3.8, 4) is 5.75 Å². The topological polar surface area (TPSA) is 21.3 Å². The van der Waals surface area contributed by atoms with Gasteiger partial charge in [-0.2, -0.15) is 0 Å². The molecule has 18 heavy (non-hydrogen) atoms. The Hall–Kier alpha value is -0.711. The first-order valence-electron chi connectivity index (χ1n) is 5.66. The van der Waals surface area contributed by atoms with E-state index in [0.717, 1.165) is 22.9 Å². The molecule has 1 N–H and O–H groups in total. The maximum absolute atomic E-state index is 6.11. The summed E-state index contributed by atoms with van der Waals surface area (Å²) in [5, 5.41) is 0.833. The first-order valence-corrected chi connectivity index (χ1v) is 8.89. The predicted octanol–water partition coefficient (Wildman–Crippen LogP) is 2.38. The van der Waals surface area contributed by atoms with E-state index in [-0.39, 0.29) is 0 Å². The van der Waals surface area contributed by atoms with Crippen LogP contribution < -0.4 is 11.9 Å². The molecule has 92 valence electrons. The Morgan fingerprint density at radius 2 is 1.83 bits per heavy atom. The van der Waals surface area contributed by atoms with Crippen LogP contribution in [0.2, 0.25) is 5.02 Å². The van der Waals surface area contributed by atoms with Crippen LogP contribution in [0.4, 0.5) is 0 Å². The number of hydrogen-bond acceptors (Lipinski definition) is 2. The second kappa shape index (κ2) is 7.02. The van der Waals surface area contributed by atoms with E-state index >= 15 is 0 Å². The van der Waals surface area contributed by atoms with Gasteiger partial charge in [0.2, 0.25) is 0 Å². The van der Waals surface area contributed by atoms with E-state index in [1.54, 1.807) is 7.11 Å². The Balaban J connectivity index is 1.86. The van der Waals surface area contributed by atoms with Gasteiger partial charge in [-0.1, -0.05) is 0 Å². The zero-order valence-electron chi connectivity index (χ0n) is 10.1. The van der Waals surface area contributed by atoms with Crippen molar-refractivity contribution in [1.82, 2.24) is 3.54 Å². The third-order valence-electron chi connectivity index (χ3n) is 2.56. The number of ether oxygens (including phenoxy) is 1. The fourth-order valence-corrected chi connectivity index (χ4v) is 4.09. The Morgan fingerprint density at radius 1 is 1.11 bits per heavy atom. The minimum atomic E-state index is -0.744. The molecule has 2 rings (SSSR count). The molecule has 2 aromatic carbocycles. The first kappa shape index (κ1) is 13.7. The second-order valence-corrected chi connectivity index (χ2v) is 7.58. The van der Waals surface area contributed by atoms with Gasteiger partial charge in [0.25, 0.3) is 0 Å². The summed E-state index contributed by atoms with van der Waals surface area (Å²) < 4.78 is 10.1. The van der Waals surface area contributed by atoms with Gasteiger partial charge >= 0.3 is 123 Å². The van der Waals surface area contributed by atoms with Crippen LogP contribution in [0.25, 0.3) is 0 Å². The molecule has 0 aliphatic rings. The molecule has 0 saturated heterocycles. The van der Waals surface area contributed by atoms with Gasteiger partial charge < -0.3 is 0 Å². The van der Waals surface area contributed by atoms with Crippen molar-refractivity contribution >= 4 is 36.6 Å². The van der Waals surface area contributed by atoms with E-state index in [0.29, 0.717) is 0 Å². The third-order valence-corrected chi connectivity index (χ3v) is 5.71. The Labute approximate surface area is 123 Å². The number of benzene rings is 2. The monoisotopic (exact) mass is 367 g/mol. The van der Waals surface area contributed by atoms with Crippen molar-refractivity contribution in [2.24, 2.45) is 0 Å². The van der Waals surface area contributed by atoms with Gasteiger partial charge in [-0.3, -0.25) is 0 Å². The SMILES string of the molecule is COc1cc[c]([Sn][NH]Cc2ccccc2Cl)cc1. The van der Waals surface area contributed by atoms with Gasteiger partial charge in [0.15, 0.2) is 0 Å². The molecule has 0 amide bonds. The quantitative estimate of drug-likeness (QED) is 0.821. The van der Waals surface area contributed by atoms with Crippen LogP contribution >= 0.6 is 11.6 Å². The number of halogens is 1. The standard InChI is InChI=1S/C7H7ClN.C7H7O.Sn/c8-7-4-2-1-3-6(7)5-9;1-8-7-5-3-2-4-6-7;/h1-4,9H,5H2;3-6H,1H3;/q-1;;+1. The molecule has 0 aliphatic heterocycles. The fourth-order valence-electron chi connectivity index (χ4n) is 1.56. The molecular formula is C14H14ClNOSn. The molecule has 0 heterocycles. The van der Waals surface area contributed by atoms with Crippen LogP contribution in [-0.2, 0) is 6.54 Å². The van der Waals surface area contributed by atoms with Gasteiger partial charge in [0.1, 0.15) is 0 Å². The fraction of sp³-hybridized carbons (Fsp3) is 0.143. The molecular weight excluding hydrogens is 352 g/mol. The van der Waals surface area contributed by atoms with E-state index in [2.05, 4.69) is 21.7 Å². The van der Waals surface area contributed by atoms with E-state index < -0.39 is 21.4 Å². The Morgan fingerprint density at radius 3 is 2.50 bits per heavy atom. The molecule has 0 atom stereocenters. The van der Waals surface area contributed by atoms with Crippen LogP contribution in [0.15, 0.2) is 48.5 Å². The molecule has 0 bridgehead atoms. The molecule has 2 radical (unpaired) electrons. The van der Waals surface area contributed by atoms with Crippen molar-refractivity contribution in [1.29, 1.82) is 0 Å². The second-order valence-electron chi connectivity index (χ2n) is 3.80. The van der Waals surface area contributed by atoms with E-state index in [1.807, 2.05) is 30.3 Å². The zero-order chi connectivity index (χ0) is 12.8. The van der Waals surface area contributed by atoms with Gasteiger partial charge in [-0.15, -0.1) is 0 Å². The summed E-state index contributed by atoms with van der Waals surface area (Å²) in [4.78, 5) is 0. The van der Waals surface area contributed by atoms with Gasteiger partial charge in [0, 0.05) is 0 Å². The average Bonchev–Trinajstić information content (AvgIpc) is 2.42. The van der Waals surface area contributed by atoms with Crippen LogP contribution in [0.1, 0.15) is 5.56 Å². The molecule has 0 spiro atoms. The van der Waals surface area contributed by atoms with Gasteiger partial charge in [0.05, 0.1) is 0 Å². The summed E-state index contributed by atoms with van der Waals surface area (Å²) in [7, 11) is 1.69. The van der Waals surface area contributed by atoms with Gasteiger partial charge in [-0.05, 0) is 0 Å². The van der Waals surface area contributed by atoms with Gasteiger partial charge in [-0.25, -0.2) is 0 Å². The summed E-state index contributed by atoms with van der Waals surface area (Å²) in [6.07, 6.45) is 0. The maximum atomic E-state index is 6.11. The normalized spacial score (nSPS) is 10.3. The van der Waals surface area contributed by atoms with E-state index in [1.165, 1.54) is 3.58 Å². The summed E-state index contributed by atoms with van der Waals surface area (Å²) >= 11 is 5.36. The van der Waals surface area contributed by atoms with Crippen molar-refractivity contribution in [2.45, 2.75) is 6.54 Å². The number of methoxy groups -OCH3 is 1. The van der Waals surface area contributed by atoms with Crippen molar-refractivity contribution in [3.05, 3.63) is 59.1 Å². The molecule has 0 fully saturated rings. The van der Waals surface area contributed by atoms with Crippen molar-refractivity contribution in [3.63, 3.8) is 0 Å². The number of hydrogen-bond donors (Lipinski definition) is 1. The Bertz CT molecular complexity index is 501. The Kier molecular flexibility index (Phi) is 5.35. The van der Waals surface area contributed by atoms with E-state index in [4.69, 9.17) is 16.3 Å². The molecule has 0 aromatic heterocycles. The molecule has 0 aliphatic carbocycles. The summed E-state index contributed by atoms with van der Waals surface area (Å²) in [5.74, 6) is 0.907. The molecule has 2 nitrogen and oxygen atoms in total. The van der Waals surface area contributed by atoms with Crippen molar-refractivity contribution < 1.29 is 4.74 Å². The van der Waals surface area contributed by atoms with Crippen LogP contribution in [0, 0.1) is 0 Å². The average molecular weight is 366 g/mol. The van der Waals surface area contributed by atoms with Crippen molar-refractivity contribution in [2.75, 3.05) is 7.11 Å². The number of rotatable bonds is 5. The molecule has 4 heteroatoms. The molecule has 0 saturated carbocycles. The minimum absolute atomic E-state index is 0.744. The third kappa shape index (κ3) is 3.90. The first-order chi connectivity index (χ1) is 8.79. The van der Waals surface area contributed by atoms with Crippen LogP contribution in [0.3, 0.4) is 0 Å². The zero-order valence-corrected chi connectivity index (χ0v) is 13.7. The predicted molar refractivity (Wildman–Crippen MR) is 76.7 cm³/mol. The number of nitrogens with one attached hydrogen (secondary N) is 1. The van der Waals surface area contributed by atoms with Crippen LogP contribution in [0.5, 0.6) is 5.75 Å². The summed E-state index contributed by atoms with van der Waals surface area (Å²) in [5.41, 5.74) is 1.16. The summed E-state index contributed by atoms with van der Waals surface area (Å²) in [6, 6.07) is 16.2. The van der Waals surface area contributed by atoms with E-state index in [9.17, 15) is 0 Å².